The summed E-state index contributed by atoms with van der Waals surface area (Å²) in [6, 6.07) is 11.9. The van der Waals surface area contributed by atoms with E-state index in [9.17, 15) is 20.1 Å². The normalized spacial score (nSPS) is 13.1. The molecule has 0 aliphatic rings. The Morgan fingerprint density at radius 1 is 1.20 bits per heavy atom. The molecule has 0 aliphatic carbocycles. The van der Waals surface area contributed by atoms with Crippen molar-refractivity contribution in [1.82, 2.24) is 10.3 Å². The Labute approximate surface area is 149 Å². The molecule has 0 saturated carbocycles. The van der Waals surface area contributed by atoms with Crippen LogP contribution in [0.4, 0.5) is 4.79 Å². The van der Waals surface area contributed by atoms with Crippen LogP contribution in [-0.4, -0.2) is 39.0 Å². The van der Waals surface area contributed by atoms with Crippen LogP contribution in [0.1, 0.15) is 23.8 Å². The maximum atomic E-state index is 11.6. The number of aromatic hydroxyl groups is 1. The summed E-state index contributed by atoms with van der Waals surface area (Å²) in [5.74, 6) is -0.213. The molecular weight excluding hydrogens is 348 g/mol. The molecule has 1 amide bonds. The molecule has 1 aromatic heterocycles. The molecule has 4 N–H and O–H groups in total. The van der Waals surface area contributed by atoms with E-state index in [-0.39, 0.29) is 36.2 Å². The first-order chi connectivity index (χ1) is 12.0. The molecule has 7 nitrogen and oxygen atoms in total. The molecule has 0 bridgehead atoms. The van der Waals surface area contributed by atoms with Gasteiger partial charge in [-0.3, -0.25) is 0 Å². The molecule has 2 rings (SSSR count). The maximum absolute atomic E-state index is 11.6. The number of hydrogen-bond acceptors (Lipinski definition) is 6. The summed E-state index contributed by atoms with van der Waals surface area (Å²) in [7, 11) is 0. The van der Waals surface area contributed by atoms with Gasteiger partial charge < -0.3 is 25.4 Å². The van der Waals surface area contributed by atoms with Crippen LogP contribution >= 0.6 is 11.6 Å². The fourth-order valence-electron chi connectivity index (χ4n) is 2.06. The second-order valence-corrected chi connectivity index (χ2v) is 5.69. The van der Waals surface area contributed by atoms with Crippen molar-refractivity contribution in [2.45, 2.75) is 25.2 Å². The number of aliphatic hydroxyl groups excluding tert-OH is 2. The van der Waals surface area contributed by atoms with Crippen molar-refractivity contribution in [2.75, 3.05) is 6.54 Å². The number of hydrogen-bond donors (Lipinski definition) is 4. The topological polar surface area (TPSA) is 112 Å². The third-order valence-corrected chi connectivity index (χ3v) is 3.72. The highest BCUT2D eigenvalue weighted by Gasteiger charge is 2.20. The predicted octanol–water partition coefficient (Wildman–Crippen LogP) is 2.15. The Kier molecular flexibility index (Phi) is 7.00. The van der Waals surface area contributed by atoms with Gasteiger partial charge in [0, 0.05) is 6.54 Å². The molecule has 8 heteroatoms. The van der Waals surface area contributed by atoms with Gasteiger partial charge in [0.05, 0.1) is 11.8 Å². The summed E-state index contributed by atoms with van der Waals surface area (Å²) < 4.78 is 5.03. The number of carbonyl (C=O) groups is 1. The van der Waals surface area contributed by atoms with Crippen molar-refractivity contribution in [1.29, 1.82) is 0 Å². The van der Waals surface area contributed by atoms with Gasteiger partial charge in [0.1, 0.15) is 12.7 Å². The Morgan fingerprint density at radius 3 is 2.60 bits per heavy atom. The number of ether oxygens (including phenoxy) is 1. The van der Waals surface area contributed by atoms with Gasteiger partial charge in [0.25, 0.3) is 0 Å². The Bertz CT molecular complexity index is 699. The van der Waals surface area contributed by atoms with Gasteiger partial charge in [-0.05, 0) is 24.1 Å². The molecule has 2 unspecified atom stereocenters. The number of halogens is 1. The number of benzene rings is 1. The quantitative estimate of drug-likeness (QED) is 0.559. The van der Waals surface area contributed by atoms with Crippen LogP contribution < -0.4 is 5.32 Å². The van der Waals surface area contributed by atoms with Crippen molar-refractivity contribution in [3.05, 3.63) is 58.9 Å². The van der Waals surface area contributed by atoms with Gasteiger partial charge in [-0.15, -0.1) is 0 Å². The lowest BCUT2D eigenvalue weighted by atomic mass is 10.1. The molecule has 0 saturated heterocycles. The van der Waals surface area contributed by atoms with E-state index in [4.69, 9.17) is 16.3 Å². The van der Waals surface area contributed by atoms with Crippen molar-refractivity contribution in [3.8, 4) is 5.75 Å². The number of nitrogens with zero attached hydrogens (tertiary/aromatic N) is 1. The monoisotopic (exact) mass is 366 g/mol. The van der Waals surface area contributed by atoms with Crippen LogP contribution in [0.25, 0.3) is 0 Å². The van der Waals surface area contributed by atoms with E-state index in [1.165, 1.54) is 12.1 Å². The summed E-state index contributed by atoms with van der Waals surface area (Å²) >= 11 is 5.67. The number of rotatable bonds is 7. The minimum absolute atomic E-state index is 0.0851. The van der Waals surface area contributed by atoms with Crippen LogP contribution in [-0.2, 0) is 11.3 Å². The van der Waals surface area contributed by atoms with Gasteiger partial charge >= 0.3 is 6.09 Å². The zero-order valence-electron chi connectivity index (χ0n) is 13.3. The van der Waals surface area contributed by atoms with Crippen LogP contribution in [0.2, 0.25) is 5.15 Å². The van der Waals surface area contributed by atoms with Crippen molar-refractivity contribution in [3.63, 3.8) is 0 Å². The first kappa shape index (κ1) is 19.0. The van der Waals surface area contributed by atoms with E-state index in [2.05, 4.69) is 10.3 Å². The number of carbonyl (C=O) groups excluding carboxylic acids is 1. The fraction of sp³-hybridized carbons (Fsp3) is 0.294. The van der Waals surface area contributed by atoms with E-state index in [1.807, 2.05) is 30.3 Å². The van der Waals surface area contributed by atoms with E-state index in [1.54, 1.807) is 0 Å². The average molecular weight is 367 g/mol. The standard InChI is InChI=1S/C17H19ClN2O5/c18-16-14(22)7-6-12(20-16)15(23)13(21)8-9-19-17(24)25-10-11-4-2-1-3-5-11/h1-7,13,15,21-23H,8-10H2,(H,19,24). The molecule has 134 valence electrons. The number of amides is 1. The van der Waals surface area contributed by atoms with E-state index in [0.717, 1.165) is 5.56 Å². The highest BCUT2D eigenvalue weighted by molar-refractivity contribution is 6.30. The summed E-state index contributed by atoms with van der Waals surface area (Å²) in [6.45, 7) is 0.255. The van der Waals surface area contributed by atoms with E-state index in [0.29, 0.717) is 0 Å². The number of nitrogens with one attached hydrogen (secondary N) is 1. The molecule has 0 aliphatic heterocycles. The summed E-state index contributed by atoms with van der Waals surface area (Å²) in [5.41, 5.74) is 0.991. The van der Waals surface area contributed by atoms with Gasteiger partial charge in [0.2, 0.25) is 0 Å². The molecule has 25 heavy (non-hydrogen) atoms. The molecule has 0 spiro atoms. The number of alkyl carbamates (subject to hydrolysis) is 1. The smallest absolute Gasteiger partial charge is 0.407 e. The first-order valence-electron chi connectivity index (χ1n) is 7.63. The van der Waals surface area contributed by atoms with Gasteiger partial charge in [0.15, 0.2) is 10.9 Å². The second kappa shape index (κ2) is 9.22. The highest BCUT2D eigenvalue weighted by atomic mass is 35.5. The Morgan fingerprint density at radius 2 is 1.92 bits per heavy atom. The minimum Gasteiger partial charge on any atom is -0.505 e. The molecule has 2 aromatic rings. The molecule has 2 atom stereocenters. The lowest BCUT2D eigenvalue weighted by Gasteiger charge is -2.17. The molecular formula is C17H19ClN2O5. The second-order valence-electron chi connectivity index (χ2n) is 5.34. The largest absolute Gasteiger partial charge is 0.505 e. The number of aliphatic hydroxyl groups is 2. The van der Waals surface area contributed by atoms with Crippen LogP contribution in [0.3, 0.4) is 0 Å². The minimum atomic E-state index is -1.29. The van der Waals surface area contributed by atoms with E-state index < -0.39 is 18.3 Å². The average Bonchev–Trinajstić information content (AvgIpc) is 2.62. The third kappa shape index (κ3) is 5.90. The van der Waals surface area contributed by atoms with Gasteiger partial charge in [-0.25, -0.2) is 9.78 Å². The lowest BCUT2D eigenvalue weighted by Crippen LogP contribution is -2.30. The summed E-state index contributed by atoms with van der Waals surface area (Å²) in [5, 5.41) is 31.6. The van der Waals surface area contributed by atoms with Crippen molar-refractivity contribution >= 4 is 17.7 Å². The first-order valence-corrected chi connectivity index (χ1v) is 8.01. The highest BCUT2D eigenvalue weighted by Crippen LogP contribution is 2.24. The fourth-order valence-corrected chi connectivity index (χ4v) is 2.22. The molecule has 0 radical (unpaired) electrons. The SMILES string of the molecule is O=C(NCCC(O)C(O)c1ccc(O)c(Cl)n1)OCc1ccccc1. The van der Waals surface area contributed by atoms with Gasteiger partial charge in [-0.1, -0.05) is 41.9 Å². The number of pyridine rings is 1. The lowest BCUT2D eigenvalue weighted by molar-refractivity contribution is 0.0111. The van der Waals surface area contributed by atoms with Crippen LogP contribution in [0.5, 0.6) is 5.75 Å². The third-order valence-electron chi connectivity index (χ3n) is 3.44. The zero-order valence-corrected chi connectivity index (χ0v) is 14.1. The van der Waals surface area contributed by atoms with Gasteiger partial charge in [-0.2, -0.15) is 0 Å². The number of aromatic nitrogens is 1. The zero-order chi connectivity index (χ0) is 18.2. The summed E-state index contributed by atoms with van der Waals surface area (Å²) in [6.07, 6.45) is -2.99. The van der Waals surface area contributed by atoms with Crippen LogP contribution in [0.15, 0.2) is 42.5 Å². The Hall–Kier alpha value is -2.35. The molecule has 1 heterocycles. The van der Waals surface area contributed by atoms with Crippen LogP contribution in [0, 0.1) is 0 Å². The molecule has 1 aromatic carbocycles. The van der Waals surface area contributed by atoms with Crippen molar-refractivity contribution < 1.29 is 24.9 Å². The maximum Gasteiger partial charge on any atom is 0.407 e. The van der Waals surface area contributed by atoms with E-state index >= 15 is 0 Å². The molecule has 0 fully saturated rings. The Balaban J connectivity index is 1.72. The predicted molar refractivity (Wildman–Crippen MR) is 91.1 cm³/mol. The summed E-state index contributed by atoms with van der Waals surface area (Å²) in [4.78, 5) is 15.4. The van der Waals surface area contributed by atoms with Crippen molar-refractivity contribution in [2.24, 2.45) is 0 Å².